The van der Waals surface area contributed by atoms with Crippen molar-refractivity contribution < 1.29 is 24.1 Å². The van der Waals surface area contributed by atoms with Crippen molar-refractivity contribution in [3.8, 4) is 5.75 Å². The van der Waals surface area contributed by atoms with E-state index in [1.807, 2.05) is 0 Å². The lowest BCUT2D eigenvalue weighted by molar-refractivity contribution is 0.0602. The van der Waals surface area contributed by atoms with Crippen LogP contribution in [0.25, 0.3) is 10.9 Å². The minimum Gasteiger partial charge on any atom is -0.477 e. The molecular formula is C19H17FN4O5S. The Morgan fingerprint density at radius 2 is 2.23 bits per heavy atom. The second kappa shape index (κ2) is 6.41. The van der Waals surface area contributed by atoms with Gasteiger partial charge < -0.3 is 19.8 Å². The molecule has 4 heterocycles. The lowest BCUT2D eigenvalue weighted by Gasteiger charge is -2.33. The minimum absolute atomic E-state index is 0.0328. The van der Waals surface area contributed by atoms with Crippen LogP contribution in [-0.4, -0.2) is 52.7 Å². The highest BCUT2D eigenvalue weighted by molar-refractivity contribution is 7.09. The highest BCUT2D eigenvalue weighted by Gasteiger charge is 2.42. The lowest BCUT2D eigenvalue weighted by atomic mass is 10.1. The zero-order valence-corrected chi connectivity index (χ0v) is 16.6. The number of pyridine rings is 1. The van der Waals surface area contributed by atoms with Gasteiger partial charge in [-0.2, -0.15) is 0 Å². The fourth-order valence-electron chi connectivity index (χ4n) is 4.08. The summed E-state index contributed by atoms with van der Waals surface area (Å²) in [5.41, 5.74) is -2.01. The quantitative estimate of drug-likeness (QED) is 0.638. The third-order valence-corrected chi connectivity index (χ3v) is 6.51. The van der Waals surface area contributed by atoms with Crippen LogP contribution in [0.15, 0.2) is 28.6 Å². The monoisotopic (exact) mass is 432 g/mol. The molecule has 1 aromatic carbocycles. The van der Waals surface area contributed by atoms with Crippen molar-refractivity contribution in [3.63, 3.8) is 0 Å². The second-order valence-corrected chi connectivity index (χ2v) is 8.32. The molecule has 2 N–H and O–H groups in total. The first-order valence-corrected chi connectivity index (χ1v) is 10.0. The van der Waals surface area contributed by atoms with Crippen molar-refractivity contribution in [1.29, 1.82) is 0 Å². The Kier molecular flexibility index (Phi) is 4.02. The van der Waals surface area contributed by atoms with Crippen LogP contribution in [0.4, 0.5) is 10.1 Å². The van der Waals surface area contributed by atoms with Crippen molar-refractivity contribution in [2.45, 2.75) is 12.0 Å². The number of β-amino-alcohol motifs (C(OH)–C–C–N with tert-alkyl or cyclic N) is 1. The zero-order chi connectivity index (χ0) is 21.2. The highest BCUT2D eigenvalue weighted by Crippen LogP contribution is 2.44. The maximum absolute atomic E-state index is 15.3. The van der Waals surface area contributed by atoms with E-state index in [2.05, 4.69) is 4.98 Å². The average molecular weight is 432 g/mol. The molecule has 1 saturated heterocycles. The molecule has 3 aromatic rings. The topological polar surface area (TPSA) is 108 Å². The molecule has 156 valence electrons. The predicted molar refractivity (Wildman–Crippen MR) is 108 cm³/mol. The lowest BCUT2D eigenvalue weighted by Crippen LogP contribution is -2.40. The van der Waals surface area contributed by atoms with Crippen LogP contribution in [0, 0.1) is 5.82 Å². The molecule has 2 aromatic heterocycles. The first-order chi connectivity index (χ1) is 14.3. The molecule has 1 fully saturated rings. The van der Waals surface area contributed by atoms with Crippen LogP contribution in [0.1, 0.15) is 21.8 Å². The Labute approximate surface area is 173 Å². The van der Waals surface area contributed by atoms with E-state index in [0.29, 0.717) is 23.5 Å². The van der Waals surface area contributed by atoms with E-state index < -0.39 is 28.4 Å². The third kappa shape index (κ3) is 2.58. The maximum Gasteiger partial charge on any atom is 0.341 e. The summed E-state index contributed by atoms with van der Waals surface area (Å²) in [5.74, 6) is -1.94. The number of benzene rings is 1. The number of aromatic carboxylic acids is 1. The van der Waals surface area contributed by atoms with Gasteiger partial charge in [0, 0.05) is 37.8 Å². The number of anilines is 1. The number of nitrogens with zero attached hydrogens (tertiary/aromatic N) is 4. The van der Waals surface area contributed by atoms with Gasteiger partial charge in [0.25, 0.3) is 0 Å². The Hall–Kier alpha value is -3.18. The van der Waals surface area contributed by atoms with Crippen molar-refractivity contribution in [3.05, 3.63) is 50.5 Å². The Bertz CT molecular complexity index is 1240. The summed E-state index contributed by atoms with van der Waals surface area (Å²) in [6.07, 6.45) is 3.19. The van der Waals surface area contributed by atoms with Gasteiger partial charge in [-0.15, -0.1) is 11.3 Å². The number of ether oxygens (including phenoxy) is 1. The Morgan fingerprint density at radius 1 is 1.43 bits per heavy atom. The summed E-state index contributed by atoms with van der Waals surface area (Å²) in [7, 11) is 1.67. The molecule has 0 amide bonds. The number of aliphatic hydroxyl groups is 1. The van der Waals surface area contributed by atoms with Crippen LogP contribution in [-0.2, 0) is 5.60 Å². The molecule has 0 radical (unpaired) electrons. The standard InChI is InChI=1S/C19H17FN4O5S/c1-22-9-29-16-13-10(15(25)11(17(26)27)7-24(13)22)6-12(20)14(16)23-4-2-19(28,8-23)18-21-3-5-30-18/h3,5-7,28H,2,4,8-9H2,1H3,(H,26,27). The molecule has 1 unspecified atom stereocenters. The van der Waals surface area contributed by atoms with Gasteiger partial charge in [0.15, 0.2) is 18.3 Å². The molecule has 0 spiro atoms. The van der Waals surface area contributed by atoms with Crippen molar-refractivity contribution >= 4 is 33.9 Å². The number of thiazole rings is 1. The number of aromatic nitrogens is 2. The van der Waals surface area contributed by atoms with E-state index >= 15 is 4.39 Å². The summed E-state index contributed by atoms with van der Waals surface area (Å²) in [6.45, 7) is 0.514. The molecule has 30 heavy (non-hydrogen) atoms. The van der Waals surface area contributed by atoms with Crippen LogP contribution >= 0.6 is 11.3 Å². The maximum atomic E-state index is 15.3. The number of carboxylic acid groups (broad SMARTS) is 1. The minimum atomic E-state index is -1.38. The van der Waals surface area contributed by atoms with Gasteiger partial charge >= 0.3 is 5.97 Å². The number of carbonyl (C=O) groups is 1. The van der Waals surface area contributed by atoms with Gasteiger partial charge in [0.1, 0.15) is 27.4 Å². The van der Waals surface area contributed by atoms with E-state index in [9.17, 15) is 19.8 Å². The van der Waals surface area contributed by atoms with Crippen LogP contribution in [0.5, 0.6) is 5.75 Å². The van der Waals surface area contributed by atoms with Gasteiger partial charge in [-0.3, -0.25) is 14.5 Å². The van der Waals surface area contributed by atoms with Crippen molar-refractivity contribution in [2.24, 2.45) is 0 Å². The third-order valence-electron chi connectivity index (χ3n) is 5.54. The van der Waals surface area contributed by atoms with E-state index in [-0.39, 0.29) is 30.1 Å². The molecule has 1 atom stereocenters. The Balaban J connectivity index is 1.70. The number of hydrogen-bond donors (Lipinski definition) is 2. The van der Waals surface area contributed by atoms with Crippen LogP contribution < -0.4 is 20.1 Å². The summed E-state index contributed by atoms with van der Waals surface area (Å²) in [5, 5.41) is 24.2. The molecular weight excluding hydrogens is 415 g/mol. The van der Waals surface area contributed by atoms with E-state index in [0.717, 1.165) is 6.07 Å². The zero-order valence-electron chi connectivity index (χ0n) is 15.8. The largest absolute Gasteiger partial charge is 0.477 e. The van der Waals surface area contributed by atoms with Gasteiger partial charge in [0.05, 0.1) is 11.9 Å². The van der Waals surface area contributed by atoms with Gasteiger partial charge in [-0.05, 0) is 6.07 Å². The molecule has 9 nitrogen and oxygen atoms in total. The number of rotatable bonds is 3. The normalized spacial score (nSPS) is 20.6. The SMILES string of the molecule is CN1COc2c(N3CCC(O)(c4nccs4)C3)c(F)cc3c(=O)c(C(=O)O)cn1c23. The van der Waals surface area contributed by atoms with E-state index in [1.54, 1.807) is 28.5 Å². The summed E-state index contributed by atoms with van der Waals surface area (Å²) in [4.78, 5) is 30.0. The number of carboxylic acids is 1. The molecule has 2 aliphatic rings. The molecule has 0 bridgehead atoms. The molecule has 5 rings (SSSR count). The number of hydrogen-bond acceptors (Lipinski definition) is 8. The van der Waals surface area contributed by atoms with Crippen molar-refractivity contribution in [1.82, 2.24) is 9.66 Å². The Morgan fingerprint density at radius 3 is 2.93 bits per heavy atom. The van der Waals surface area contributed by atoms with Crippen LogP contribution in [0.2, 0.25) is 0 Å². The van der Waals surface area contributed by atoms with E-state index in [1.165, 1.54) is 22.2 Å². The molecule has 0 saturated carbocycles. The van der Waals surface area contributed by atoms with E-state index in [4.69, 9.17) is 4.74 Å². The second-order valence-electron chi connectivity index (χ2n) is 7.43. The summed E-state index contributed by atoms with van der Waals surface area (Å²) in [6, 6.07) is 1.04. The first-order valence-electron chi connectivity index (χ1n) is 9.17. The van der Waals surface area contributed by atoms with Crippen LogP contribution in [0.3, 0.4) is 0 Å². The molecule has 11 heteroatoms. The fraction of sp³-hybridized carbons (Fsp3) is 0.316. The number of halogens is 1. The average Bonchev–Trinajstić information content (AvgIpc) is 3.37. The summed E-state index contributed by atoms with van der Waals surface area (Å²) >= 11 is 1.33. The summed E-state index contributed by atoms with van der Waals surface area (Å²) < 4.78 is 22.5. The first kappa shape index (κ1) is 18.8. The van der Waals surface area contributed by atoms with Crippen molar-refractivity contribution in [2.75, 3.05) is 36.8 Å². The fourth-order valence-corrected chi connectivity index (χ4v) is 4.84. The molecule has 0 aliphatic carbocycles. The highest BCUT2D eigenvalue weighted by atomic mass is 32.1. The van der Waals surface area contributed by atoms with Gasteiger partial charge in [-0.25, -0.2) is 14.2 Å². The smallest absolute Gasteiger partial charge is 0.341 e. The molecule has 2 aliphatic heterocycles. The van der Waals surface area contributed by atoms with Gasteiger partial charge in [0.2, 0.25) is 5.43 Å². The van der Waals surface area contributed by atoms with Gasteiger partial charge in [-0.1, -0.05) is 0 Å². The predicted octanol–water partition coefficient (Wildman–Crippen LogP) is 1.31.